The van der Waals surface area contributed by atoms with Crippen LogP contribution in [0.1, 0.15) is 0 Å². The Balaban J connectivity index is 2.13. The summed E-state index contributed by atoms with van der Waals surface area (Å²) in [5.41, 5.74) is 2.32. The van der Waals surface area contributed by atoms with Crippen LogP contribution in [0.3, 0.4) is 0 Å². The van der Waals surface area contributed by atoms with Crippen molar-refractivity contribution >= 4 is 12.1 Å². The number of fused-ring (bicyclic) bond motifs is 1. The molecule has 0 fully saturated rings. The minimum absolute atomic E-state index is 0.375. The Labute approximate surface area is 78.2 Å². The topological polar surface area (TPSA) is 78.9 Å². The third-order valence-corrected chi connectivity index (χ3v) is 2.01. The van der Waals surface area contributed by atoms with E-state index in [1.807, 2.05) is 0 Å². The van der Waals surface area contributed by atoms with Crippen molar-refractivity contribution in [3.8, 4) is 0 Å². The van der Waals surface area contributed by atoms with Gasteiger partial charge in [-0.25, -0.2) is 0 Å². The van der Waals surface area contributed by atoms with Gasteiger partial charge in [0.25, 0.3) is 5.91 Å². The van der Waals surface area contributed by atoms with Gasteiger partial charge in [0.2, 0.25) is 0 Å². The standard InChI is InChI=1S/C8H3N5O/c14-8-5(2-10-13-8)7-4-1-9-3-6(4)11-12-7/h1-3H. The number of carbonyl (C=O) groups excluding carboxylic acids is 1. The van der Waals surface area contributed by atoms with Gasteiger partial charge in [-0.2, -0.15) is 5.11 Å². The molecule has 14 heavy (non-hydrogen) atoms. The van der Waals surface area contributed by atoms with E-state index in [1.165, 1.54) is 6.20 Å². The fraction of sp³-hybridized carbons (Fsp3) is 0. The normalized spacial score (nSPS) is 22.1. The molecule has 0 aliphatic carbocycles. The highest BCUT2D eigenvalue weighted by atomic mass is 16.2. The minimum atomic E-state index is -0.381. The van der Waals surface area contributed by atoms with E-state index in [1.54, 1.807) is 12.4 Å². The summed E-state index contributed by atoms with van der Waals surface area (Å²) in [6.07, 6.45) is 4.61. The second-order valence-corrected chi connectivity index (χ2v) is 2.82. The average molecular weight is 185 g/mol. The van der Waals surface area contributed by atoms with Gasteiger partial charge >= 0.3 is 0 Å². The van der Waals surface area contributed by atoms with Gasteiger partial charge in [0.05, 0.1) is 23.5 Å². The monoisotopic (exact) mass is 185 g/mol. The lowest BCUT2D eigenvalue weighted by Gasteiger charge is -1.94. The van der Waals surface area contributed by atoms with Crippen LogP contribution in [0.15, 0.2) is 60.4 Å². The van der Waals surface area contributed by atoms with Crippen LogP contribution in [0.4, 0.5) is 0 Å². The summed E-state index contributed by atoms with van der Waals surface area (Å²) < 4.78 is 0. The Hall–Kier alpha value is -2.24. The highest BCUT2D eigenvalue weighted by Crippen LogP contribution is 2.33. The maximum atomic E-state index is 11.2. The van der Waals surface area contributed by atoms with E-state index >= 15 is 0 Å². The molecule has 3 aliphatic rings. The summed E-state index contributed by atoms with van der Waals surface area (Å²) in [5, 5.41) is 14.6. The lowest BCUT2D eigenvalue weighted by atomic mass is 10.1. The zero-order valence-corrected chi connectivity index (χ0v) is 6.88. The fourth-order valence-corrected chi connectivity index (χ4v) is 1.35. The Morgan fingerprint density at radius 1 is 1.07 bits per heavy atom. The third-order valence-electron chi connectivity index (χ3n) is 2.01. The lowest BCUT2D eigenvalue weighted by Crippen LogP contribution is -1.98. The number of hydrogen-bond donors (Lipinski definition) is 0. The number of amides is 1. The van der Waals surface area contributed by atoms with Crippen LogP contribution >= 0.6 is 0 Å². The van der Waals surface area contributed by atoms with Crippen molar-refractivity contribution in [2.75, 3.05) is 0 Å². The molecule has 0 aromatic heterocycles. The second-order valence-electron chi connectivity index (χ2n) is 2.82. The quantitative estimate of drug-likeness (QED) is 0.609. The van der Waals surface area contributed by atoms with Crippen molar-refractivity contribution < 1.29 is 4.79 Å². The molecule has 0 radical (unpaired) electrons. The molecule has 0 saturated carbocycles. The smallest absolute Gasteiger partial charge is 0.265 e. The molecule has 3 aliphatic heterocycles. The molecule has 0 atom stereocenters. The summed E-state index contributed by atoms with van der Waals surface area (Å²) >= 11 is 0. The van der Waals surface area contributed by atoms with E-state index in [-0.39, 0.29) is 5.91 Å². The zero-order chi connectivity index (χ0) is 9.54. The van der Waals surface area contributed by atoms with Crippen LogP contribution in [-0.4, -0.2) is 12.1 Å². The zero-order valence-electron chi connectivity index (χ0n) is 6.88. The van der Waals surface area contributed by atoms with Crippen LogP contribution in [0, 0.1) is 0 Å². The van der Waals surface area contributed by atoms with E-state index in [0.29, 0.717) is 17.0 Å². The third kappa shape index (κ3) is 0.792. The van der Waals surface area contributed by atoms with Gasteiger partial charge in [-0.15, -0.1) is 15.3 Å². The van der Waals surface area contributed by atoms with E-state index in [2.05, 4.69) is 25.4 Å². The molecule has 0 N–H and O–H groups in total. The van der Waals surface area contributed by atoms with Crippen LogP contribution in [0.25, 0.3) is 0 Å². The lowest BCUT2D eigenvalue weighted by molar-refractivity contribution is -0.114. The minimum Gasteiger partial charge on any atom is -0.265 e. The molecule has 0 aromatic carbocycles. The first-order valence-electron chi connectivity index (χ1n) is 3.92. The summed E-state index contributed by atoms with van der Waals surface area (Å²) in [6, 6.07) is 0. The molecular formula is C8H3N5O. The maximum absolute atomic E-state index is 11.2. The van der Waals surface area contributed by atoms with E-state index in [0.717, 1.165) is 5.57 Å². The van der Waals surface area contributed by atoms with Crippen molar-refractivity contribution in [1.29, 1.82) is 0 Å². The average Bonchev–Trinajstić information content (AvgIpc) is 2.78. The van der Waals surface area contributed by atoms with Crippen molar-refractivity contribution in [3.63, 3.8) is 0 Å². The molecule has 3 heterocycles. The van der Waals surface area contributed by atoms with Gasteiger partial charge in [-0.05, 0) is 0 Å². The van der Waals surface area contributed by atoms with Gasteiger partial charge in [0.15, 0.2) is 0 Å². The van der Waals surface area contributed by atoms with Crippen LogP contribution in [0.2, 0.25) is 0 Å². The SMILES string of the molecule is O=C1N=NC=C1C1=C2C=NC=C2N=N1. The number of rotatable bonds is 1. The number of nitrogens with zero attached hydrogens (tertiary/aromatic N) is 5. The van der Waals surface area contributed by atoms with Crippen molar-refractivity contribution in [3.05, 3.63) is 34.9 Å². The van der Waals surface area contributed by atoms with E-state index in [4.69, 9.17) is 0 Å². The first-order valence-corrected chi connectivity index (χ1v) is 3.92. The molecule has 0 spiro atoms. The summed E-state index contributed by atoms with van der Waals surface area (Å²) in [6.45, 7) is 0. The van der Waals surface area contributed by atoms with Crippen molar-refractivity contribution in [1.82, 2.24) is 0 Å². The van der Waals surface area contributed by atoms with Crippen LogP contribution in [0.5, 0.6) is 0 Å². The first kappa shape index (κ1) is 7.19. The van der Waals surface area contributed by atoms with Gasteiger partial charge in [-0.1, -0.05) is 0 Å². The summed E-state index contributed by atoms with van der Waals surface area (Å²) in [7, 11) is 0. The maximum Gasteiger partial charge on any atom is 0.299 e. The molecule has 0 saturated heterocycles. The molecular weight excluding hydrogens is 182 g/mol. The van der Waals surface area contributed by atoms with Crippen LogP contribution in [-0.2, 0) is 4.79 Å². The summed E-state index contributed by atoms with van der Waals surface area (Å²) in [5.74, 6) is -0.381. The van der Waals surface area contributed by atoms with Gasteiger partial charge < -0.3 is 0 Å². The van der Waals surface area contributed by atoms with E-state index < -0.39 is 0 Å². The number of aliphatic imine (C=N–C) groups is 1. The van der Waals surface area contributed by atoms with Gasteiger partial charge in [0.1, 0.15) is 11.4 Å². The summed E-state index contributed by atoms with van der Waals surface area (Å²) in [4.78, 5) is 15.1. The number of carbonyl (C=O) groups is 1. The van der Waals surface area contributed by atoms with E-state index in [9.17, 15) is 4.79 Å². The van der Waals surface area contributed by atoms with Gasteiger partial charge in [0, 0.05) is 6.21 Å². The molecule has 1 amide bonds. The van der Waals surface area contributed by atoms with Gasteiger partial charge in [-0.3, -0.25) is 9.79 Å². The first-order chi connectivity index (χ1) is 6.86. The highest BCUT2D eigenvalue weighted by Gasteiger charge is 2.27. The molecule has 0 aromatic rings. The Morgan fingerprint density at radius 2 is 2.00 bits per heavy atom. The molecule has 0 unspecified atom stereocenters. The largest absolute Gasteiger partial charge is 0.299 e. The molecule has 6 nitrogen and oxygen atoms in total. The Morgan fingerprint density at radius 3 is 2.79 bits per heavy atom. The molecule has 0 bridgehead atoms. The molecule has 66 valence electrons. The predicted molar refractivity (Wildman–Crippen MR) is 46.4 cm³/mol. The van der Waals surface area contributed by atoms with Crippen LogP contribution < -0.4 is 0 Å². The molecule has 6 heteroatoms. The number of azo groups is 2. The second kappa shape index (κ2) is 2.38. The number of allylic oxidation sites excluding steroid dienone is 1. The molecule has 3 rings (SSSR count). The van der Waals surface area contributed by atoms with Crippen molar-refractivity contribution in [2.24, 2.45) is 25.4 Å². The highest BCUT2D eigenvalue weighted by molar-refractivity contribution is 6.03. The Bertz CT molecular complexity index is 518. The van der Waals surface area contributed by atoms with Crippen molar-refractivity contribution in [2.45, 2.75) is 0 Å². The Kier molecular flexibility index (Phi) is 1.22. The number of hydrogen-bond acceptors (Lipinski definition) is 5. The predicted octanol–water partition coefficient (Wildman–Crippen LogP) is 1.51. The fourth-order valence-electron chi connectivity index (χ4n) is 1.35.